The summed E-state index contributed by atoms with van der Waals surface area (Å²) < 4.78 is 0. The topological polar surface area (TPSA) is 58.4 Å². The second-order valence-electron chi connectivity index (χ2n) is 4.26. The van der Waals surface area contributed by atoms with Crippen LogP contribution in [0.3, 0.4) is 0 Å². The lowest BCUT2D eigenvalue weighted by Gasteiger charge is -2.28. The van der Waals surface area contributed by atoms with E-state index in [2.05, 4.69) is 10.2 Å². The van der Waals surface area contributed by atoms with E-state index in [1.807, 2.05) is 12.1 Å². The summed E-state index contributed by atoms with van der Waals surface area (Å²) in [6, 6.07) is 5.33. The molecule has 1 fully saturated rings. The van der Waals surface area contributed by atoms with Crippen molar-refractivity contribution in [2.45, 2.75) is 19.3 Å². The summed E-state index contributed by atoms with van der Waals surface area (Å²) >= 11 is 0. The number of nitro groups is 1. The fraction of sp³-hybridized carbons (Fsp3) is 0.500. The third-order valence-corrected chi connectivity index (χ3v) is 3.16. The standard InChI is InChI=1S/C12H17N3O2/c1-13-10-5-6-11(12(9-10)15(16)17)14-7-3-2-4-8-14/h5-6,9,13H,2-4,7-8H2,1H3. The van der Waals surface area contributed by atoms with E-state index in [1.165, 1.54) is 6.42 Å². The third-order valence-electron chi connectivity index (χ3n) is 3.16. The average Bonchev–Trinajstić information content (AvgIpc) is 2.39. The molecule has 5 nitrogen and oxygen atoms in total. The zero-order chi connectivity index (χ0) is 12.3. The lowest BCUT2D eigenvalue weighted by Crippen LogP contribution is -2.29. The van der Waals surface area contributed by atoms with Crippen molar-refractivity contribution in [2.24, 2.45) is 0 Å². The number of piperidine rings is 1. The van der Waals surface area contributed by atoms with Crippen LogP contribution in [0.2, 0.25) is 0 Å². The number of rotatable bonds is 3. The van der Waals surface area contributed by atoms with Gasteiger partial charge in [-0.25, -0.2) is 0 Å². The molecule has 2 rings (SSSR count). The molecule has 0 spiro atoms. The monoisotopic (exact) mass is 235 g/mol. The van der Waals surface area contributed by atoms with Crippen molar-refractivity contribution in [1.82, 2.24) is 0 Å². The summed E-state index contributed by atoms with van der Waals surface area (Å²) in [6.07, 6.45) is 3.45. The molecule has 0 atom stereocenters. The maximum absolute atomic E-state index is 11.1. The molecular weight excluding hydrogens is 218 g/mol. The number of benzene rings is 1. The van der Waals surface area contributed by atoms with Crippen molar-refractivity contribution in [1.29, 1.82) is 0 Å². The van der Waals surface area contributed by atoms with Gasteiger partial charge in [0.15, 0.2) is 0 Å². The Balaban J connectivity index is 2.34. The molecule has 1 heterocycles. The van der Waals surface area contributed by atoms with Gasteiger partial charge in [0.2, 0.25) is 0 Å². The zero-order valence-electron chi connectivity index (χ0n) is 9.98. The molecule has 1 aromatic carbocycles. The second-order valence-corrected chi connectivity index (χ2v) is 4.26. The van der Waals surface area contributed by atoms with Crippen molar-refractivity contribution in [3.63, 3.8) is 0 Å². The Labute approximate surface area is 101 Å². The zero-order valence-corrected chi connectivity index (χ0v) is 9.98. The molecule has 1 aromatic rings. The van der Waals surface area contributed by atoms with Crippen LogP contribution in [0.25, 0.3) is 0 Å². The van der Waals surface area contributed by atoms with Crippen molar-refractivity contribution in [3.8, 4) is 0 Å². The largest absolute Gasteiger partial charge is 0.388 e. The predicted molar refractivity (Wildman–Crippen MR) is 68.7 cm³/mol. The predicted octanol–water partition coefficient (Wildman–Crippen LogP) is 2.63. The van der Waals surface area contributed by atoms with Crippen LogP contribution in [0.15, 0.2) is 18.2 Å². The van der Waals surface area contributed by atoms with E-state index in [0.717, 1.165) is 37.3 Å². The Morgan fingerprint density at radius 3 is 2.59 bits per heavy atom. The van der Waals surface area contributed by atoms with Crippen molar-refractivity contribution < 1.29 is 4.92 Å². The molecule has 0 radical (unpaired) electrons. The first-order valence-electron chi connectivity index (χ1n) is 5.93. The summed E-state index contributed by atoms with van der Waals surface area (Å²) in [5.74, 6) is 0. The van der Waals surface area contributed by atoms with Crippen LogP contribution >= 0.6 is 0 Å². The molecule has 0 aliphatic carbocycles. The highest BCUT2D eigenvalue weighted by atomic mass is 16.6. The SMILES string of the molecule is CNc1ccc(N2CCCCC2)c([N+](=O)[O-])c1. The fourth-order valence-corrected chi connectivity index (χ4v) is 2.23. The van der Waals surface area contributed by atoms with Crippen LogP contribution in [0.5, 0.6) is 0 Å². The van der Waals surface area contributed by atoms with Gasteiger partial charge in [0.1, 0.15) is 5.69 Å². The van der Waals surface area contributed by atoms with E-state index in [1.54, 1.807) is 13.1 Å². The average molecular weight is 235 g/mol. The minimum absolute atomic E-state index is 0.193. The Kier molecular flexibility index (Phi) is 3.46. The van der Waals surface area contributed by atoms with Crippen molar-refractivity contribution in [2.75, 3.05) is 30.4 Å². The Bertz CT molecular complexity index is 414. The van der Waals surface area contributed by atoms with E-state index in [-0.39, 0.29) is 10.6 Å². The van der Waals surface area contributed by atoms with Gasteiger partial charge in [-0.1, -0.05) is 0 Å². The molecular formula is C12H17N3O2. The molecule has 5 heteroatoms. The van der Waals surface area contributed by atoms with Crippen LogP contribution in [-0.2, 0) is 0 Å². The minimum Gasteiger partial charge on any atom is -0.388 e. The lowest BCUT2D eigenvalue weighted by molar-refractivity contribution is -0.384. The molecule has 0 aromatic heterocycles. The summed E-state index contributed by atoms with van der Waals surface area (Å²) in [5, 5.41) is 14.0. The van der Waals surface area contributed by atoms with Crippen molar-refractivity contribution >= 4 is 17.1 Å². The number of nitrogens with zero attached hydrogens (tertiary/aromatic N) is 2. The molecule has 1 aliphatic heterocycles. The molecule has 1 N–H and O–H groups in total. The normalized spacial score (nSPS) is 15.7. The summed E-state index contributed by atoms with van der Waals surface area (Å²) in [7, 11) is 1.76. The Hall–Kier alpha value is -1.78. The Morgan fingerprint density at radius 2 is 2.00 bits per heavy atom. The lowest BCUT2D eigenvalue weighted by atomic mass is 10.1. The number of hydrogen-bond donors (Lipinski definition) is 1. The molecule has 0 amide bonds. The molecule has 0 unspecified atom stereocenters. The molecule has 17 heavy (non-hydrogen) atoms. The van der Waals surface area contributed by atoms with Crippen LogP contribution in [-0.4, -0.2) is 25.1 Å². The first-order chi connectivity index (χ1) is 8.22. The fourth-order valence-electron chi connectivity index (χ4n) is 2.23. The smallest absolute Gasteiger partial charge is 0.294 e. The van der Waals surface area contributed by atoms with E-state index < -0.39 is 0 Å². The highest BCUT2D eigenvalue weighted by Gasteiger charge is 2.21. The van der Waals surface area contributed by atoms with Gasteiger partial charge in [0.25, 0.3) is 5.69 Å². The van der Waals surface area contributed by atoms with E-state index in [0.29, 0.717) is 0 Å². The first-order valence-corrected chi connectivity index (χ1v) is 5.93. The summed E-state index contributed by atoms with van der Waals surface area (Å²) in [4.78, 5) is 12.9. The van der Waals surface area contributed by atoms with Crippen molar-refractivity contribution in [3.05, 3.63) is 28.3 Å². The third kappa shape index (κ3) is 2.49. The maximum Gasteiger partial charge on any atom is 0.294 e. The molecule has 1 saturated heterocycles. The molecule has 0 saturated carbocycles. The maximum atomic E-state index is 11.1. The van der Waals surface area contributed by atoms with Gasteiger partial charge in [0.05, 0.1) is 4.92 Å². The highest BCUT2D eigenvalue weighted by Crippen LogP contribution is 2.32. The number of hydrogen-bond acceptors (Lipinski definition) is 4. The number of anilines is 2. The van der Waals surface area contributed by atoms with Gasteiger partial charge in [-0.3, -0.25) is 10.1 Å². The second kappa shape index (κ2) is 5.03. The summed E-state index contributed by atoms with van der Waals surface area (Å²) in [6.45, 7) is 1.83. The quantitative estimate of drug-likeness (QED) is 0.646. The van der Waals surface area contributed by atoms with Gasteiger partial charge < -0.3 is 10.2 Å². The highest BCUT2D eigenvalue weighted by molar-refractivity contribution is 5.69. The van der Waals surface area contributed by atoms with E-state index in [4.69, 9.17) is 0 Å². The molecule has 0 bridgehead atoms. The Morgan fingerprint density at radius 1 is 1.29 bits per heavy atom. The van der Waals surface area contributed by atoms with Crippen LogP contribution < -0.4 is 10.2 Å². The number of nitrogens with one attached hydrogen (secondary N) is 1. The van der Waals surface area contributed by atoms with Gasteiger partial charge in [-0.2, -0.15) is 0 Å². The van der Waals surface area contributed by atoms with E-state index in [9.17, 15) is 10.1 Å². The molecule has 92 valence electrons. The summed E-state index contributed by atoms with van der Waals surface area (Å²) in [5.41, 5.74) is 1.71. The van der Waals surface area contributed by atoms with Gasteiger partial charge >= 0.3 is 0 Å². The van der Waals surface area contributed by atoms with Gasteiger partial charge in [-0.15, -0.1) is 0 Å². The van der Waals surface area contributed by atoms with E-state index >= 15 is 0 Å². The van der Waals surface area contributed by atoms with Crippen LogP contribution in [0.4, 0.5) is 17.1 Å². The molecule has 1 aliphatic rings. The minimum atomic E-state index is -0.301. The first kappa shape index (κ1) is 11.7. The van der Waals surface area contributed by atoms with Gasteiger partial charge in [-0.05, 0) is 31.4 Å². The van der Waals surface area contributed by atoms with Gasteiger partial charge in [0, 0.05) is 31.9 Å². The van der Waals surface area contributed by atoms with Crippen LogP contribution in [0, 0.1) is 10.1 Å². The van der Waals surface area contributed by atoms with Crippen LogP contribution in [0.1, 0.15) is 19.3 Å². The number of nitro benzene ring substituents is 1.